The van der Waals surface area contributed by atoms with E-state index in [1.165, 1.54) is 6.08 Å². The Morgan fingerprint density at radius 2 is 1.81 bits per heavy atom. The number of para-hydroxylation sites is 1. The van der Waals surface area contributed by atoms with E-state index in [2.05, 4.69) is 9.97 Å². The fourth-order valence-electron chi connectivity index (χ4n) is 2.86. The molecule has 3 N–H and O–H groups in total. The van der Waals surface area contributed by atoms with Crippen LogP contribution < -0.4 is 10.5 Å². The average Bonchev–Trinajstić information content (AvgIpc) is 3.09. The van der Waals surface area contributed by atoms with E-state index >= 15 is 0 Å². The lowest BCUT2D eigenvalue weighted by atomic mass is 10.1. The van der Waals surface area contributed by atoms with E-state index in [1.54, 1.807) is 12.3 Å². The fourth-order valence-corrected chi connectivity index (χ4v) is 2.86. The maximum Gasteiger partial charge on any atom is 0.241 e. The number of primary amides is 1. The quantitative estimate of drug-likeness (QED) is 0.516. The van der Waals surface area contributed by atoms with Crippen LogP contribution in [0.2, 0.25) is 0 Å². The maximum absolute atomic E-state index is 11.0. The van der Waals surface area contributed by atoms with Crippen molar-refractivity contribution in [3.63, 3.8) is 0 Å². The number of fused-ring (bicyclic) bond motifs is 1. The number of nitrogens with two attached hydrogens (primary N) is 1. The molecule has 132 valence electrons. The van der Waals surface area contributed by atoms with E-state index in [0.29, 0.717) is 0 Å². The van der Waals surface area contributed by atoms with Crippen LogP contribution >= 0.6 is 0 Å². The molecule has 0 aliphatic carbocycles. The smallest absolute Gasteiger partial charge is 0.241 e. The van der Waals surface area contributed by atoms with Crippen LogP contribution in [0.15, 0.2) is 79.1 Å². The third kappa shape index (κ3) is 3.72. The minimum atomic E-state index is -0.487. The first-order valence-electron chi connectivity index (χ1n) is 8.47. The van der Waals surface area contributed by atoms with Crippen molar-refractivity contribution < 1.29 is 9.53 Å². The Hall–Kier alpha value is -3.86. The van der Waals surface area contributed by atoms with Gasteiger partial charge >= 0.3 is 0 Å². The zero-order valence-corrected chi connectivity index (χ0v) is 14.4. The molecular formula is C22H17N3O2. The van der Waals surface area contributed by atoms with Gasteiger partial charge in [-0.2, -0.15) is 0 Å². The van der Waals surface area contributed by atoms with Gasteiger partial charge in [-0.15, -0.1) is 0 Å². The average molecular weight is 355 g/mol. The van der Waals surface area contributed by atoms with Crippen molar-refractivity contribution in [1.29, 1.82) is 0 Å². The van der Waals surface area contributed by atoms with Crippen LogP contribution in [0.5, 0.6) is 11.5 Å². The normalized spacial score (nSPS) is 11.1. The molecule has 4 aromatic rings. The number of nitrogens with one attached hydrogen (secondary N) is 1. The number of H-pyrrole nitrogens is 1. The summed E-state index contributed by atoms with van der Waals surface area (Å²) in [7, 11) is 0. The second-order valence-electron chi connectivity index (χ2n) is 6.04. The molecule has 0 atom stereocenters. The van der Waals surface area contributed by atoms with Crippen LogP contribution in [0.1, 0.15) is 5.56 Å². The van der Waals surface area contributed by atoms with E-state index in [0.717, 1.165) is 39.2 Å². The highest BCUT2D eigenvalue weighted by molar-refractivity contribution is 5.95. The Labute approximate surface area is 156 Å². The lowest BCUT2D eigenvalue weighted by Crippen LogP contribution is -2.04. The van der Waals surface area contributed by atoms with Gasteiger partial charge in [-0.25, -0.2) is 4.98 Å². The Balaban J connectivity index is 1.68. The topological polar surface area (TPSA) is 81.0 Å². The predicted octanol–water partition coefficient (Wildman–Crippen LogP) is 4.52. The molecule has 0 aliphatic heterocycles. The van der Waals surface area contributed by atoms with E-state index in [9.17, 15) is 4.79 Å². The van der Waals surface area contributed by atoms with Crippen LogP contribution in [-0.4, -0.2) is 15.9 Å². The molecule has 4 rings (SSSR count). The first-order chi connectivity index (χ1) is 13.2. The minimum absolute atomic E-state index is 0.487. The van der Waals surface area contributed by atoms with Gasteiger partial charge in [0, 0.05) is 35.0 Å². The van der Waals surface area contributed by atoms with Crippen molar-refractivity contribution in [3.05, 3.63) is 84.7 Å². The standard InChI is InChI=1S/C22H17N3O2/c23-21(26)10-9-16-13-24-22-20(16)12-17(14-25-22)15-5-4-8-19(11-15)27-18-6-2-1-3-7-18/h1-14H,(H2,23,26)(H,24,25). The third-order valence-electron chi connectivity index (χ3n) is 4.14. The first kappa shape index (κ1) is 16.6. The summed E-state index contributed by atoms with van der Waals surface area (Å²) in [6, 6.07) is 19.5. The maximum atomic E-state index is 11.0. The lowest BCUT2D eigenvalue weighted by molar-refractivity contribution is -0.113. The summed E-state index contributed by atoms with van der Waals surface area (Å²) in [5.41, 5.74) is 8.74. The molecule has 5 heteroatoms. The molecule has 0 bridgehead atoms. The highest BCUT2D eigenvalue weighted by atomic mass is 16.5. The van der Waals surface area contributed by atoms with Crippen molar-refractivity contribution >= 4 is 23.0 Å². The van der Waals surface area contributed by atoms with Gasteiger partial charge in [-0.3, -0.25) is 4.79 Å². The molecule has 2 aromatic carbocycles. The van der Waals surface area contributed by atoms with Crippen molar-refractivity contribution in [2.24, 2.45) is 5.73 Å². The largest absolute Gasteiger partial charge is 0.457 e. The SMILES string of the molecule is NC(=O)C=Cc1c[nH]c2ncc(-c3cccc(Oc4ccccc4)c3)cc12. The van der Waals surface area contributed by atoms with Crippen LogP contribution in [0, 0.1) is 0 Å². The summed E-state index contributed by atoms with van der Waals surface area (Å²) in [5, 5.41) is 0.916. The zero-order chi connectivity index (χ0) is 18.6. The van der Waals surface area contributed by atoms with Gasteiger partial charge in [0.2, 0.25) is 5.91 Å². The minimum Gasteiger partial charge on any atom is -0.457 e. The van der Waals surface area contributed by atoms with E-state index < -0.39 is 5.91 Å². The number of rotatable bonds is 5. The number of nitrogens with zero attached hydrogens (tertiary/aromatic N) is 1. The number of hydrogen-bond acceptors (Lipinski definition) is 3. The van der Waals surface area contributed by atoms with Gasteiger partial charge in [0.05, 0.1) is 0 Å². The number of pyridine rings is 1. The van der Waals surface area contributed by atoms with Crippen molar-refractivity contribution in [2.45, 2.75) is 0 Å². The summed E-state index contributed by atoms with van der Waals surface area (Å²) in [5.74, 6) is 1.05. The van der Waals surface area contributed by atoms with Gasteiger partial charge in [0.15, 0.2) is 0 Å². The fraction of sp³-hybridized carbons (Fsp3) is 0. The molecule has 0 unspecified atom stereocenters. The lowest BCUT2D eigenvalue weighted by Gasteiger charge is -2.08. The molecule has 0 saturated heterocycles. The number of carbonyl (C=O) groups excluding carboxylic acids is 1. The molecule has 0 spiro atoms. The van der Waals surface area contributed by atoms with Crippen LogP contribution in [0.4, 0.5) is 0 Å². The number of hydrogen-bond donors (Lipinski definition) is 2. The van der Waals surface area contributed by atoms with Crippen molar-refractivity contribution in [1.82, 2.24) is 9.97 Å². The number of carbonyl (C=O) groups is 1. The Morgan fingerprint density at radius 1 is 1.00 bits per heavy atom. The number of aromatic amines is 1. The second kappa shape index (κ2) is 7.17. The molecule has 0 fully saturated rings. The second-order valence-corrected chi connectivity index (χ2v) is 6.04. The van der Waals surface area contributed by atoms with E-state index in [1.807, 2.05) is 66.9 Å². The highest BCUT2D eigenvalue weighted by Gasteiger charge is 2.07. The summed E-state index contributed by atoms with van der Waals surface area (Å²) in [6.45, 7) is 0. The highest BCUT2D eigenvalue weighted by Crippen LogP contribution is 2.29. The van der Waals surface area contributed by atoms with E-state index in [4.69, 9.17) is 10.5 Å². The van der Waals surface area contributed by atoms with Crippen LogP contribution in [0.25, 0.3) is 28.2 Å². The molecule has 0 radical (unpaired) electrons. The van der Waals surface area contributed by atoms with Gasteiger partial charge in [-0.05, 0) is 42.0 Å². The number of benzene rings is 2. The number of aromatic nitrogens is 2. The van der Waals surface area contributed by atoms with E-state index in [-0.39, 0.29) is 0 Å². The van der Waals surface area contributed by atoms with Crippen molar-refractivity contribution in [2.75, 3.05) is 0 Å². The molecule has 1 amide bonds. The monoisotopic (exact) mass is 355 g/mol. The summed E-state index contributed by atoms with van der Waals surface area (Å²) < 4.78 is 5.91. The summed E-state index contributed by atoms with van der Waals surface area (Å²) in [4.78, 5) is 18.6. The van der Waals surface area contributed by atoms with Crippen LogP contribution in [-0.2, 0) is 4.79 Å². The molecule has 0 saturated carbocycles. The number of amides is 1. The van der Waals surface area contributed by atoms with Crippen molar-refractivity contribution in [3.8, 4) is 22.6 Å². The third-order valence-corrected chi connectivity index (χ3v) is 4.14. The van der Waals surface area contributed by atoms with Gasteiger partial charge < -0.3 is 15.5 Å². The first-order valence-corrected chi connectivity index (χ1v) is 8.47. The Bertz CT molecular complexity index is 1130. The Morgan fingerprint density at radius 3 is 2.63 bits per heavy atom. The summed E-state index contributed by atoms with van der Waals surface area (Å²) >= 11 is 0. The number of ether oxygens (including phenoxy) is 1. The predicted molar refractivity (Wildman–Crippen MR) is 106 cm³/mol. The molecule has 2 aromatic heterocycles. The van der Waals surface area contributed by atoms with Gasteiger partial charge in [0.25, 0.3) is 0 Å². The Kier molecular flexibility index (Phi) is 4.41. The molecular weight excluding hydrogens is 338 g/mol. The molecule has 0 aliphatic rings. The molecule has 5 nitrogen and oxygen atoms in total. The summed E-state index contributed by atoms with van der Waals surface area (Å²) in [6.07, 6.45) is 6.63. The zero-order valence-electron chi connectivity index (χ0n) is 14.4. The molecule has 2 heterocycles. The molecule has 27 heavy (non-hydrogen) atoms. The van der Waals surface area contributed by atoms with Crippen LogP contribution in [0.3, 0.4) is 0 Å². The van der Waals surface area contributed by atoms with Gasteiger partial charge in [0.1, 0.15) is 17.1 Å². The van der Waals surface area contributed by atoms with Gasteiger partial charge in [-0.1, -0.05) is 30.3 Å².